The lowest BCUT2D eigenvalue weighted by Crippen LogP contribution is -2.06. The van der Waals surface area contributed by atoms with Crippen molar-refractivity contribution < 1.29 is 9.59 Å². The molecule has 0 heterocycles. The highest BCUT2D eigenvalue weighted by molar-refractivity contribution is 5.87. The molecule has 13 heavy (non-hydrogen) atoms. The number of primary amides is 2. The second-order valence-electron chi connectivity index (χ2n) is 2.10. The van der Waals surface area contributed by atoms with E-state index in [-0.39, 0.29) is 0 Å². The van der Waals surface area contributed by atoms with Crippen molar-refractivity contribution in [3.05, 3.63) is 42.2 Å². The minimum atomic E-state index is -0.583. The Balaban J connectivity index is 4.48. The summed E-state index contributed by atoms with van der Waals surface area (Å²) < 4.78 is 0. The van der Waals surface area contributed by atoms with E-state index in [1.165, 1.54) is 12.2 Å². The van der Waals surface area contributed by atoms with Gasteiger partial charge < -0.3 is 11.5 Å². The molecule has 4 heteroatoms. The van der Waals surface area contributed by atoms with Gasteiger partial charge in [0.15, 0.2) is 0 Å². The molecule has 2 amide bonds. The normalized spacial score (nSPS) is 10.2. The number of allylic oxidation sites excluding steroid dienone is 3. The first-order chi connectivity index (χ1) is 6.06. The summed E-state index contributed by atoms with van der Waals surface area (Å²) in [5.41, 5.74) is 12.6. The van der Waals surface area contributed by atoms with Crippen LogP contribution in [0.2, 0.25) is 0 Å². The Labute approximate surface area is 75.9 Å². The highest BCUT2D eigenvalue weighted by Gasteiger charge is 1.87. The summed E-state index contributed by atoms with van der Waals surface area (Å²) in [5, 5.41) is 0. The Bertz CT molecular complexity index is 295. The fourth-order valence-electron chi connectivity index (χ4n) is 0.517. The molecule has 0 saturated carbocycles. The lowest BCUT2D eigenvalue weighted by Gasteiger charge is -1.86. The van der Waals surface area contributed by atoms with Gasteiger partial charge in [-0.05, 0) is 12.2 Å². The van der Waals surface area contributed by atoms with Gasteiger partial charge in [0.25, 0.3) is 0 Å². The summed E-state index contributed by atoms with van der Waals surface area (Å²) in [6.45, 7) is 3.35. The average molecular weight is 178 g/mol. The molecule has 0 aromatic heterocycles. The molecule has 0 rings (SSSR count). The van der Waals surface area contributed by atoms with Gasteiger partial charge >= 0.3 is 0 Å². The van der Waals surface area contributed by atoms with E-state index in [2.05, 4.69) is 12.3 Å². The van der Waals surface area contributed by atoms with Gasteiger partial charge in [-0.1, -0.05) is 6.58 Å². The minimum absolute atomic E-state index is 0.456. The average Bonchev–Trinajstić information content (AvgIpc) is 2.04. The van der Waals surface area contributed by atoms with Crippen molar-refractivity contribution in [1.29, 1.82) is 0 Å². The predicted molar refractivity (Wildman–Crippen MR) is 49.3 cm³/mol. The number of hydrogen-bond donors (Lipinski definition) is 2. The molecule has 68 valence electrons. The fraction of sp³-hybridized carbons (Fsp3) is 0. The van der Waals surface area contributed by atoms with E-state index in [1.54, 1.807) is 0 Å². The van der Waals surface area contributed by atoms with Crippen LogP contribution in [0.5, 0.6) is 0 Å². The Kier molecular flexibility index (Phi) is 4.69. The number of carbonyl (C=O) groups excluding carboxylic acids is 2. The molecule has 4 nitrogen and oxygen atoms in total. The van der Waals surface area contributed by atoms with E-state index in [0.717, 1.165) is 12.2 Å². The van der Waals surface area contributed by atoms with E-state index in [1.807, 2.05) is 0 Å². The third kappa shape index (κ3) is 6.34. The van der Waals surface area contributed by atoms with E-state index < -0.39 is 11.8 Å². The van der Waals surface area contributed by atoms with Crippen molar-refractivity contribution >= 4 is 11.8 Å². The molecule has 0 bridgehead atoms. The van der Waals surface area contributed by atoms with Gasteiger partial charge in [0.2, 0.25) is 11.8 Å². The van der Waals surface area contributed by atoms with Gasteiger partial charge in [0, 0.05) is 17.7 Å². The predicted octanol–water partition coefficient (Wildman–Crippen LogP) is -0.219. The van der Waals surface area contributed by atoms with Crippen molar-refractivity contribution in [1.82, 2.24) is 0 Å². The van der Waals surface area contributed by atoms with E-state index in [0.29, 0.717) is 5.57 Å². The molecular formula is C9H10N2O2. The van der Waals surface area contributed by atoms with Crippen LogP contribution in [0.25, 0.3) is 0 Å². The van der Waals surface area contributed by atoms with Crippen LogP contribution in [0.3, 0.4) is 0 Å². The van der Waals surface area contributed by atoms with Crippen molar-refractivity contribution in [3.8, 4) is 0 Å². The number of hydrogen-bond acceptors (Lipinski definition) is 2. The molecule has 0 aromatic rings. The van der Waals surface area contributed by atoms with Crippen LogP contribution < -0.4 is 11.5 Å². The summed E-state index contributed by atoms with van der Waals surface area (Å²) in [7, 11) is 0. The highest BCUT2D eigenvalue weighted by Crippen LogP contribution is 1.95. The van der Waals surface area contributed by atoms with Gasteiger partial charge in [-0.2, -0.15) is 0 Å². The van der Waals surface area contributed by atoms with E-state index in [9.17, 15) is 9.59 Å². The first-order valence-electron chi connectivity index (χ1n) is 3.41. The summed E-state index contributed by atoms with van der Waals surface area (Å²) in [6.07, 6.45) is 5.04. The molecule has 4 N–H and O–H groups in total. The summed E-state index contributed by atoms with van der Waals surface area (Å²) in [6, 6.07) is 0. The van der Waals surface area contributed by atoms with Crippen LogP contribution in [0.1, 0.15) is 0 Å². The zero-order chi connectivity index (χ0) is 10.3. The molecular weight excluding hydrogens is 168 g/mol. The summed E-state index contributed by atoms with van der Waals surface area (Å²) in [5.74, 6) is -1.17. The monoisotopic (exact) mass is 178 g/mol. The molecule has 0 radical (unpaired) electrons. The zero-order valence-corrected chi connectivity index (χ0v) is 6.99. The second kappa shape index (κ2) is 5.57. The third-order valence-corrected chi connectivity index (χ3v) is 1.06. The standard InChI is InChI=1S/C9H10N2O2/c1-2-7(3-5-8(10)12)4-6-9(11)13/h3-6H,1H2,(H2,10,12)(H2,11,13). The molecule has 0 spiro atoms. The van der Waals surface area contributed by atoms with Crippen LogP contribution in [0.4, 0.5) is 0 Å². The molecule has 0 aliphatic heterocycles. The Morgan fingerprint density at radius 2 is 1.38 bits per heavy atom. The Morgan fingerprint density at radius 1 is 1.00 bits per heavy atom. The number of nitrogens with two attached hydrogens (primary N) is 2. The molecule has 0 aromatic carbocycles. The quantitative estimate of drug-likeness (QED) is 0.354. The van der Waals surface area contributed by atoms with Crippen LogP contribution in [-0.4, -0.2) is 11.8 Å². The van der Waals surface area contributed by atoms with Gasteiger partial charge in [0.1, 0.15) is 0 Å². The van der Waals surface area contributed by atoms with Gasteiger partial charge in [-0.15, -0.1) is 5.73 Å². The van der Waals surface area contributed by atoms with Crippen molar-refractivity contribution in [3.63, 3.8) is 0 Å². The fourth-order valence-corrected chi connectivity index (χ4v) is 0.517. The van der Waals surface area contributed by atoms with Crippen LogP contribution in [0.15, 0.2) is 42.2 Å². The minimum Gasteiger partial charge on any atom is -0.366 e. The maximum Gasteiger partial charge on any atom is 0.241 e. The number of carbonyl (C=O) groups is 2. The van der Waals surface area contributed by atoms with Gasteiger partial charge in [-0.25, -0.2) is 0 Å². The SMILES string of the molecule is C=C=C(C=CC(N)=O)C=CC(N)=O. The van der Waals surface area contributed by atoms with Gasteiger partial charge in [0.05, 0.1) is 0 Å². The largest absolute Gasteiger partial charge is 0.366 e. The molecule has 0 atom stereocenters. The van der Waals surface area contributed by atoms with Crippen LogP contribution in [-0.2, 0) is 9.59 Å². The maximum atomic E-state index is 10.3. The van der Waals surface area contributed by atoms with E-state index in [4.69, 9.17) is 11.5 Å². The zero-order valence-electron chi connectivity index (χ0n) is 6.99. The molecule has 0 aliphatic rings. The lowest BCUT2D eigenvalue weighted by atomic mass is 10.2. The van der Waals surface area contributed by atoms with Crippen molar-refractivity contribution in [2.45, 2.75) is 0 Å². The summed E-state index contributed by atoms with van der Waals surface area (Å²) >= 11 is 0. The maximum absolute atomic E-state index is 10.3. The van der Waals surface area contributed by atoms with Crippen LogP contribution >= 0.6 is 0 Å². The molecule has 0 saturated heterocycles. The first kappa shape index (κ1) is 10.9. The Hall–Kier alpha value is -2.06. The topological polar surface area (TPSA) is 86.2 Å². The molecule has 0 unspecified atom stereocenters. The molecule has 0 fully saturated rings. The van der Waals surface area contributed by atoms with Crippen molar-refractivity contribution in [2.75, 3.05) is 0 Å². The highest BCUT2D eigenvalue weighted by atomic mass is 16.1. The third-order valence-electron chi connectivity index (χ3n) is 1.06. The lowest BCUT2D eigenvalue weighted by molar-refractivity contribution is -0.114. The number of rotatable bonds is 4. The summed E-state index contributed by atoms with van der Waals surface area (Å²) in [4.78, 5) is 20.6. The second-order valence-corrected chi connectivity index (χ2v) is 2.10. The smallest absolute Gasteiger partial charge is 0.241 e. The van der Waals surface area contributed by atoms with Gasteiger partial charge in [-0.3, -0.25) is 9.59 Å². The van der Waals surface area contributed by atoms with Crippen LogP contribution in [0, 0.1) is 0 Å². The van der Waals surface area contributed by atoms with E-state index >= 15 is 0 Å². The first-order valence-corrected chi connectivity index (χ1v) is 3.41. The molecule has 0 aliphatic carbocycles. The van der Waals surface area contributed by atoms with Crippen molar-refractivity contribution in [2.24, 2.45) is 11.5 Å². The Morgan fingerprint density at radius 3 is 1.62 bits per heavy atom. The number of amides is 2.